The highest BCUT2D eigenvalue weighted by atomic mass is 16.2. The van der Waals surface area contributed by atoms with Crippen LogP contribution in [0.5, 0.6) is 0 Å². The molecule has 0 radical (unpaired) electrons. The summed E-state index contributed by atoms with van der Waals surface area (Å²) in [7, 11) is 0. The fraction of sp³-hybridized carbons (Fsp3) is 0.278. The predicted molar refractivity (Wildman–Crippen MR) is 84.6 cm³/mol. The Hall–Kier alpha value is -2.13. The number of hydrogen-bond acceptors (Lipinski definition) is 2. The number of carbonyl (C=O) groups is 1. The molecule has 1 fully saturated rings. The van der Waals surface area contributed by atoms with Gasteiger partial charge in [-0.3, -0.25) is 4.79 Å². The van der Waals surface area contributed by atoms with Gasteiger partial charge < -0.3 is 10.6 Å². The van der Waals surface area contributed by atoms with Gasteiger partial charge in [0.15, 0.2) is 0 Å². The minimum Gasteiger partial charge on any atom is -0.334 e. The number of likely N-dealkylation sites (N-methyl/N-ethyl adjacent to an activating group) is 1. The van der Waals surface area contributed by atoms with Gasteiger partial charge in [0.05, 0.1) is 6.04 Å². The number of rotatable bonds is 3. The van der Waals surface area contributed by atoms with Crippen LogP contribution in [0.1, 0.15) is 24.9 Å². The van der Waals surface area contributed by atoms with E-state index in [1.807, 2.05) is 30.0 Å². The highest BCUT2D eigenvalue weighted by molar-refractivity contribution is 5.80. The second-order valence-electron chi connectivity index (χ2n) is 5.48. The van der Waals surface area contributed by atoms with E-state index in [2.05, 4.69) is 36.4 Å². The average Bonchev–Trinajstić information content (AvgIpc) is 2.82. The minimum atomic E-state index is -0.111. The fourth-order valence-corrected chi connectivity index (χ4v) is 3.12. The van der Waals surface area contributed by atoms with Crippen LogP contribution < -0.4 is 5.73 Å². The monoisotopic (exact) mass is 280 g/mol. The van der Waals surface area contributed by atoms with Gasteiger partial charge in [0, 0.05) is 19.0 Å². The summed E-state index contributed by atoms with van der Waals surface area (Å²) in [6.45, 7) is 2.71. The Labute approximate surface area is 125 Å². The standard InChI is InChI=1S/C18H20N2O/c1-2-20-17(21)12-16(19)18(20)15-10-8-14(9-11-15)13-6-4-3-5-7-13/h3-11,16,18H,2,12,19H2,1H3. The highest BCUT2D eigenvalue weighted by Gasteiger charge is 2.37. The van der Waals surface area contributed by atoms with E-state index in [0.29, 0.717) is 13.0 Å². The highest BCUT2D eigenvalue weighted by Crippen LogP contribution is 2.32. The molecule has 2 N–H and O–H groups in total. The molecule has 21 heavy (non-hydrogen) atoms. The zero-order chi connectivity index (χ0) is 14.8. The molecule has 1 aliphatic heterocycles. The van der Waals surface area contributed by atoms with Gasteiger partial charge in [0.25, 0.3) is 0 Å². The van der Waals surface area contributed by atoms with E-state index in [9.17, 15) is 4.79 Å². The van der Waals surface area contributed by atoms with Crippen LogP contribution in [0, 0.1) is 0 Å². The Morgan fingerprint density at radius 2 is 1.67 bits per heavy atom. The molecule has 2 aromatic carbocycles. The lowest BCUT2D eigenvalue weighted by Crippen LogP contribution is -2.32. The van der Waals surface area contributed by atoms with Gasteiger partial charge in [-0.25, -0.2) is 0 Å². The van der Waals surface area contributed by atoms with Gasteiger partial charge in [-0.2, -0.15) is 0 Å². The van der Waals surface area contributed by atoms with Crippen LogP contribution in [-0.2, 0) is 4.79 Å². The van der Waals surface area contributed by atoms with Crippen molar-refractivity contribution in [2.45, 2.75) is 25.4 Å². The number of hydrogen-bond donors (Lipinski definition) is 1. The van der Waals surface area contributed by atoms with Gasteiger partial charge in [-0.15, -0.1) is 0 Å². The maximum absolute atomic E-state index is 11.9. The van der Waals surface area contributed by atoms with Crippen molar-refractivity contribution >= 4 is 5.91 Å². The smallest absolute Gasteiger partial charge is 0.224 e. The first kappa shape index (κ1) is 13.8. The van der Waals surface area contributed by atoms with E-state index in [4.69, 9.17) is 5.73 Å². The lowest BCUT2D eigenvalue weighted by molar-refractivity contribution is -0.128. The first-order valence-corrected chi connectivity index (χ1v) is 7.41. The molecule has 0 spiro atoms. The molecule has 3 rings (SSSR count). The lowest BCUT2D eigenvalue weighted by atomic mass is 9.97. The summed E-state index contributed by atoms with van der Waals surface area (Å²) in [4.78, 5) is 13.8. The average molecular weight is 280 g/mol. The van der Waals surface area contributed by atoms with Gasteiger partial charge in [-0.05, 0) is 23.6 Å². The van der Waals surface area contributed by atoms with Crippen molar-refractivity contribution < 1.29 is 4.79 Å². The van der Waals surface area contributed by atoms with Gasteiger partial charge in [-0.1, -0.05) is 54.6 Å². The van der Waals surface area contributed by atoms with Crippen LogP contribution in [0.4, 0.5) is 0 Å². The molecule has 2 aromatic rings. The van der Waals surface area contributed by atoms with Crippen LogP contribution in [0.2, 0.25) is 0 Å². The van der Waals surface area contributed by atoms with E-state index < -0.39 is 0 Å². The molecular formula is C18H20N2O. The quantitative estimate of drug-likeness (QED) is 0.939. The second kappa shape index (κ2) is 5.70. The van der Waals surface area contributed by atoms with Crippen LogP contribution in [0.25, 0.3) is 11.1 Å². The molecular weight excluding hydrogens is 260 g/mol. The molecule has 108 valence electrons. The number of carbonyl (C=O) groups excluding carboxylic acids is 1. The zero-order valence-electron chi connectivity index (χ0n) is 12.2. The number of likely N-dealkylation sites (tertiary alicyclic amines) is 1. The maximum Gasteiger partial charge on any atom is 0.224 e. The number of nitrogens with two attached hydrogens (primary N) is 1. The first-order valence-electron chi connectivity index (χ1n) is 7.41. The minimum absolute atomic E-state index is 0.00678. The van der Waals surface area contributed by atoms with Crippen LogP contribution in [0.3, 0.4) is 0 Å². The molecule has 0 saturated carbocycles. The van der Waals surface area contributed by atoms with Crippen molar-refractivity contribution in [3.05, 3.63) is 60.2 Å². The Balaban J connectivity index is 1.89. The van der Waals surface area contributed by atoms with Crippen molar-refractivity contribution in [2.75, 3.05) is 6.54 Å². The van der Waals surface area contributed by atoms with E-state index >= 15 is 0 Å². The number of amides is 1. The Kier molecular flexibility index (Phi) is 3.76. The molecule has 3 nitrogen and oxygen atoms in total. The fourth-order valence-electron chi connectivity index (χ4n) is 3.12. The summed E-state index contributed by atoms with van der Waals surface area (Å²) in [5.74, 6) is 0.155. The molecule has 2 atom stereocenters. The van der Waals surface area contributed by atoms with E-state index in [0.717, 1.165) is 5.56 Å². The normalized spacial score (nSPS) is 21.8. The number of nitrogens with zero attached hydrogens (tertiary/aromatic N) is 1. The Bertz CT molecular complexity index is 621. The molecule has 1 saturated heterocycles. The molecule has 0 aromatic heterocycles. The van der Waals surface area contributed by atoms with Crippen molar-refractivity contribution in [1.29, 1.82) is 0 Å². The predicted octanol–water partition coefficient (Wildman–Crippen LogP) is 2.97. The lowest BCUT2D eigenvalue weighted by Gasteiger charge is -2.26. The van der Waals surface area contributed by atoms with Gasteiger partial charge in [0.2, 0.25) is 5.91 Å². The third kappa shape index (κ3) is 2.57. The summed E-state index contributed by atoms with van der Waals surface area (Å²) < 4.78 is 0. The second-order valence-corrected chi connectivity index (χ2v) is 5.48. The molecule has 0 aliphatic carbocycles. The van der Waals surface area contributed by atoms with E-state index in [1.165, 1.54) is 11.1 Å². The van der Waals surface area contributed by atoms with Crippen LogP contribution >= 0.6 is 0 Å². The molecule has 1 heterocycles. The molecule has 2 unspecified atom stereocenters. The largest absolute Gasteiger partial charge is 0.334 e. The molecule has 3 heteroatoms. The summed E-state index contributed by atoms with van der Waals surface area (Å²) >= 11 is 0. The van der Waals surface area contributed by atoms with Crippen LogP contribution in [-0.4, -0.2) is 23.4 Å². The van der Waals surface area contributed by atoms with Gasteiger partial charge >= 0.3 is 0 Å². The zero-order valence-corrected chi connectivity index (χ0v) is 12.2. The van der Waals surface area contributed by atoms with Crippen molar-refractivity contribution in [3.63, 3.8) is 0 Å². The third-order valence-corrected chi connectivity index (χ3v) is 4.17. The topological polar surface area (TPSA) is 46.3 Å². The van der Waals surface area contributed by atoms with Crippen molar-refractivity contribution in [3.8, 4) is 11.1 Å². The summed E-state index contributed by atoms with van der Waals surface area (Å²) in [5.41, 5.74) is 9.65. The SMILES string of the molecule is CCN1C(=O)CC(N)C1c1ccc(-c2ccccc2)cc1. The third-order valence-electron chi connectivity index (χ3n) is 4.17. The van der Waals surface area contributed by atoms with E-state index in [-0.39, 0.29) is 18.0 Å². The summed E-state index contributed by atoms with van der Waals surface area (Å²) in [5, 5.41) is 0. The summed E-state index contributed by atoms with van der Waals surface area (Å²) in [6, 6.07) is 18.6. The molecule has 1 amide bonds. The van der Waals surface area contributed by atoms with Crippen molar-refractivity contribution in [2.24, 2.45) is 5.73 Å². The van der Waals surface area contributed by atoms with E-state index in [1.54, 1.807) is 0 Å². The number of benzene rings is 2. The van der Waals surface area contributed by atoms with Crippen LogP contribution in [0.15, 0.2) is 54.6 Å². The van der Waals surface area contributed by atoms with Crippen molar-refractivity contribution in [1.82, 2.24) is 4.90 Å². The summed E-state index contributed by atoms with van der Waals surface area (Å²) in [6.07, 6.45) is 0.443. The van der Waals surface area contributed by atoms with Gasteiger partial charge in [0.1, 0.15) is 0 Å². The first-order chi connectivity index (χ1) is 10.2. The maximum atomic E-state index is 11.9. The Morgan fingerprint density at radius 1 is 1.05 bits per heavy atom. The Morgan fingerprint density at radius 3 is 2.29 bits per heavy atom. The molecule has 0 bridgehead atoms. The molecule has 1 aliphatic rings.